The highest BCUT2D eigenvalue weighted by Crippen LogP contribution is 2.40. The Balaban J connectivity index is 1.51. The van der Waals surface area contributed by atoms with Gasteiger partial charge in [-0.1, -0.05) is 31.5 Å². The van der Waals surface area contributed by atoms with E-state index in [-0.39, 0.29) is 0 Å². The summed E-state index contributed by atoms with van der Waals surface area (Å²) in [6.45, 7) is 3.47. The predicted molar refractivity (Wildman–Crippen MR) is 74.7 cm³/mol. The van der Waals surface area contributed by atoms with Crippen LogP contribution in [0.1, 0.15) is 37.7 Å². The predicted octanol–water partition coefficient (Wildman–Crippen LogP) is 3.65. The molecule has 1 aromatic carbocycles. The molecule has 1 aromatic rings. The minimum Gasteiger partial charge on any atom is -0.313 e. The van der Waals surface area contributed by atoms with Gasteiger partial charge in [-0.3, -0.25) is 0 Å². The standard InChI is InChI=1S/C15H21NS/c1-2-5-11-8-14(11)16-9-12-10-17-15-7-4-3-6-13(12)15/h3-4,6-7,11-12,14,16H,2,5,8-10H2,1H3. The van der Waals surface area contributed by atoms with Crippen molar-refractivity contribution >= 4 is 11.8 Å². The Morgan fingerprint density at radius 1 is 1.35 bits per heavy atom. The van der Waals surface area contributed by atoms with Gasteiger partial charge in [-0.15, -0.1) is 11.8 Å². The summed E-state index contributed by atoms with van der Waals surface area (Å²) in [7, 11) is 0. The van der Waals surface area contributed by atoms with Crippen LogP contribution >= 0.6 is 11.8 Å². The zero-order valence-electron chi connectivity index (χ0n) is 10.5. The van der Waals surface area contributed by atoms with Crippen LogP contribution in [-0.2, 0) is 0 Å². The molecule has 3 rings (SSSR count). The molecule has 1 heterocycles. The van der Waals surface area contributed by atoms with Gasteiger partial charge in [0.25, 0.3) is 0 Å². The van der Waals surface area contributed by atoms with Gasteiger partial charge in [-0.05, 0) is 30.4 Å². The van der Waals surface area contributed by atoms with Crippen LogP contribution in [-0.4, -0.2) is 18.3 Å². The molecule has 1 aliphatic carbocycles. The molecule has 0 spiro atoms. The number of benzene rings is 1. The first kappa shape index (κ1) is 11.6. The van der Waals surface area contributed by atoms with Crippen molar-refractivity contribution in [1.82, 2.24) is 5.32 Å². The summed E-state index contributed by atoms with van der Waals surface area (Å²) in [6.07, 6.45) is 4.16. The third-order valence-electron chi connectivity index (χ3n) is 4.01. The fourth-order valence-electron chi connectivity index (χ4n) is 2.88. The van der Waals surface area contributed by atoms with E-state index in [1.165, 1.54) is 36.5 Å². The largest absolute Gasteiger partial charge is 0.313 e. The van der Waals surface area contributed by atoms with Gasteiger partial charge >= 0.3 is 0 Å². The van der Waals surface area contributed by atoms with Gasteiger partial charge in [0.05, 0.1) is 0 Å². The van der Waals surface area contributed by atoms with E-state index >= 15 is 0 Å². The molecule has 1 nitrogen and oxygen atoms in total. The maximum absolute atomic E-state index is 3.76. The molecule has 92 valence electrons. The summed E-state index contributed by atoms with van der Waals surface area (Å²) < 4.78 is 0. The van der Waals surface area contributed by atoms with Gasteiger partial charge in [-0.25, -0.2) is 0 Å². The Morgan fingerprint density at radius 3 is 3.12 bits per heavy atom. The van der Waals surface area contributed by atoms with Gasteiger partial charge in [0.15, 0.2) is 0 Å². The van der Waals surface area contributed by atoms with Crippen LogP contribution in [0.5, 0.6) is 0 Å². The third-order valence-corrected chi connectivity index (χ3v) is 5.26. The van der Waals surface area contributed by atoms with Crippen molar-refractivity contribution in [2.45, 2.75) is 43.0 Å². The van der Waals surface area contributed by atoms with E-state index in [1.54, 1.807) is 5.56 Å². The average Bonchev–Trinajstić information content (AvgIpc) is 2.97. The van der Waals surface area contributed by atoms with Crippen LogP contribution in [0.15, 0.2) is 29.2 Å². The lowest BCUT2D eigenvalue weighted by atomic mass is 10.0. The Morgan fingerprint density at radius 2 is 2.24 bits per heavy atom. The smallest absolute Gasteiger partial charge is 0.0108 e. The minimum atomic E-state index is 0.735. The molecule has 3 unspecified atom stereocenters. The Kier molecular flexibility index (Phi) is 3.44. The number of hydrogen-bond donors (Lipinski definition) is 1. The first-order valence-corrected chi connectivity index (χ1v) is 7.82. The molecule has 3 atom stereocenters. The summed E-state index contributed by atoms with van der Waals surface area (Å²) in [6, 6.07) is 9.72. The minimum absolute atomic E-state index is 0.735. The lowest BCUT2D eigenvalue weighted by Gasteiger charge is -2.11. The Hall–Kier alpha value is -0.470. The average molecular weight is 247 g/mol. The normalized spacial score (nSPS) is 30.3. The van der Waals surface area contributed by atoms with E-state index in [4.69, 9.17) is 0 Å². The molecule has 0 bridgehead atoms. The van der Waals surface area contributed by atoms with E-state index in [9.17, 15) is 0 Å². The first-order chi connectivity index (χ1) is 8.38. The van der Waals surface area contributed by atoms with Crippen LogP contribution in [0.4, 0.5) is 0 Å². The lowest BCUT2D eigenvalue weighted by Crippen LogP contribution is -2.24. The molecule has 1 saturated carbocycles. The van der Waals surface area contributed by atoms with Gasteiger partial charge in [0.1, 0.15) is 0 Å². The SMILES string of the molecule is CCCC1CC1NCC1CSc2ccccc21. The molecule has 0 aromatic heterocycles. The maximum Gasteiger partial charge on any atom is 0.0108 e. The molecular formula is C15H21NS. The first-order valence-electron chi connectivity index (χ1n) is 6.83. The van der Waals surface area contributed by atoms with Crippen LogP contribution < -0.4 is 5.32 Å². The van der Waals surface area contributed by atoms with Crippen molar-refractivity contribution in [3.05, 3.63) is 29.8 Å². The van der Waals surface area contributed by atoms with E-state index in [0.29, 0.717) is 0 Å². The molecule has 0 saturated heterocycles. The van der Waals surface area contributed by atoms with Crippen molar-refractivity contribution in [3.8, 4) is 0 Å². The molecule has 1 N–H and O–H groups in total. The van der Waals surface area contributed by atoms with Crippen LogP contribution in [0.25, 0.3) is 0 Å². The zero-order valence-corrected chi connectivity index (χ0v) is 11.3. The van der Waals surface area contributed by atoms with Crippen molar-refractivity contribution in [1.29, 1.82) is 0 Å². The molecule has 0 amide bonds. The van der Waals surface area contributed by atoms with Crippen molar-refractivity contribution in [3.63, 3.8) is 0 Å². The van der Waals surface area contributed by atoms with Crippen LogP contribution in [0, 0.1) is 5.92 Å². The van der Waals surface area contributed by atoms with Gasteiger partial charge < -0.3 is 5.32 Å². The Bertz CT molecular complexity index is 390. The van der Waals surface area contributed by atoms with Crippen molar-refractivity contribution in [2.75, 3.05) is 12.3 Å². The fourth-order valence-corrected chi connectivity index (χ4v) is 4.13. The monoisotopic (exact) mass is 247 g/mol. The maximum atomic E-state index is 3.76. The highest BCUT2D eigenvalue weighted by atomic mass is 32.2. The van der Waals surface area contributed by atoms with Gasteiger partial charge in [-0.2, -0.15) is 0 Å². The lowest BCUT2D eigenvalue weighted by molar-refractivity contribution is 0.569. The number of rotatable bonds is 5. The zero-order chi connectivity index (χ0) is 11.7. The van der Waals surface area contributed by atoms with E-state index in [0.717, 1.165) is 17.9 Å². The fraction of sp³-hybridized carbons (Fsp3) is 0.600. The second-order valence-electron chi connectivity index (χ2n) is 5.34. The van der Waals surface area contributed by atoms with Gasteiger partial charge in [0, 0.05) is 29.2 Å². The molecule has 2 aliphatic rings. The topological polar surface area (TPSA) is 12.0 Å². The molecule has 1 fully saturated rings. The van der Waals surface area contributed by atoms with E-state index in [1.807, 2.05) is 11.8 Å². The molecule has 0 radical (unpaired) electrons. The second kappa shape index (κ2) is 5.03. The number of hydrogen-bond acceptors (Lipinski definition) is 2. The highest BCUT2D eigenvalue weighted by Gasteiger charge is 2.36. The van der Waals surface area contributed by atoms with Crippen LogP contribution in [0.3, 0.4) is 0 Å². The molecule has 1 aliphatic heterocycles. The molecule has 17 heavy (non-hydrogen) atoms. The summed E-state index contributed by atoms with van der Waals surface area (Å²) in [5.41, 5.74) is 1.57. The number of fused-ring (bicyclic) bond motifs is 1. The summed E-state index contributed by atoms with van der Waals surface area (Å²) >= 11 is 2.02. The van der Waals surface area contributed by atoms with Crippen molar-refractivity contribution in [2.24, 2.45) is 5.92 Å². The van der Waals surface area contributed by atoms with Crippen LogP contribution in [0.2, 0.25) is 0 Å². The quantitative estimate of drug-likeness (QED) is 0.852. The number of nitrogens with one attached hydrogen (secondary N) is 1. The van der Waals surface area contributed by atoms with E-state index < -0.39 is 0 Å². The highest BCUT2D eigenvalue weighted by molar-refractivity contribution is 7.99. The summed E-state index contributed by atoms with van der Waals surface area (Å²) in [5, 5.41) is 3.76. The number of thioether (sulfide) groups is 1. The molecule has 2 heteroatoms. The van der Waals surface area contributed by atoms with E-state index in [2.05, 4.69) is 36.5 Å². The van der Waals surface area contributed by atoms with Crippen molar-refractivity contribution < 1.29 is 0 Å². The molecular weight excluding hydrogens is 226 g/mol. The Labute approximate surface area is 108 Å². The second-order valence-corrected chi connectivity index (χ2v) is 6.41. The summed E-state index contributed by atoms with van der Waals surface area (Å²) in [4.78, 5) is 1.50. The summed E-state index contributed by atoms with van der Waals surface area (Å²) in [5.74, 6) is 2.97. The third kappa shape index (κ3) is 2.53. The van der Waals surface area contributed by atoms with Gasteiger partial charge in [0.2, 0.25) is 0 Å².